The number of nitrogens with two attached hydrogens (primary N) is 2. The van der Waals surface area contributed by atoms with E-state index in [1.165, 1.54) is 0 Å². The van der Waals surface area contributed by atoms with Crippen molar-refractivity contribution in [2.24, 2.45) is 11.5 Å². The summed E-state index contributed by atoms with van der Waals surface area (Å²) in [5, 5.41) is 2.61. The molecule has 21 heavy (non-hydrogen) atoms. The predicted octanol–water partition coefficient (Wildman–Crippen LogP) is 2.08. The Kier molecular flexibility index (Phi) is 4.96. The fourth-order valence-electron chi connectivity index (χ4n) is 1.79. The lowest BCUT2D eigenvalue weighted by Crippen LogP contribution is -2.48. The van der Waals surface area contributed by atoms with Crippen LogP contribution in [-0.4, -0.2) is 17.6 Å². The number of carbonyl (C=O) groups is 2. The van der Waals surface area contributed by atoms with E-state index in [0.717, 1.165) is 0 Å². The molecule has 0 saturated carbocycles. The molecule has 0 bridgehead atoms. The molecular weight excluding hydrogens is 270 g/mol. The maximum Gasteiger partial charge on any atom is 0.412 e. The van der Waals surface area contributed by atoms with Crippen molar-refractivity contribution in [1.82, 2.24) is 0 Å². The van der Waals surface area contributed by atoms with Gasteiger partial charge in [0.15, 0.2) is 0 Å². The smallest absolute Gasteiger partial charge is 0.412 e. The molecule has 116 valence electrons. The van der Waals surface area contributed by atoms with E-state index in [4.69, 9.17) is 16.2 Å². The van der Waals surface area contributed by atoms with Crippen molar-refractivity contribution in [3.05, 3.63) is 29.8 Å². The Labute approximate surface area is 124 Å². The van der Waals surface area contributed by atoms with E-state index in [1.54, 1.807) is 52.0 Å². The molecule has 1 atom stereocenters. The molecule has 1 aromatic carbocycles. The van der Waals surface area contributed by atoms with Crippen LogP contribution in [0, 0.1) is 0 Å². The SMILES string of the molecule is CCC(N)(C(N)=O)c1ccc(NC(=O)OC(C)(C)C)cc1. The molecule has 5 N–H and O–H groups in total. The molecule has 0 heterocycles. The zero-order valence-electron chi connectivity index (χ0n) is 12.9. The normalized spacial score (nSPS) is 14.1. The molecule has 0 radical (unpaired) electrons. The van der Waals surface area contributed by atoms with Crippen LogP contribution in [0.2, 0.25) is 0 Å². The van der Waals surface area contributed by atoms with Gasteiger partial charge in [-0.05, 0) is 44.9 Å². The van der Waals surface area contributed by atoms with Crippen LogP contribution in [0.3, 0.4) is 0 Å². The van der Waals surface area contributed by atoms with Gasteiger partial charge in [0.1, 0.15) is 11.1 Å². The summed E-state index contributed by atoms with van der Waals surface area (Å²) in [5.74, 6) is -0.585. The number of ether oxygens (including phenoxy) is 1. The highest BCUT2D eigenvalue weighted by Gasteiger charge is 2.31. The van der Waals surface area contributed by atoms with Gasteiger partial charge in [-0.1, -0.05) is 19.1 Å². The third-order valence-corrected chi connectivity index (χ3v) is 3.04. The Bertz CT molecular complexity index is 520. The molecule has 6 heteroatoms. The van der Waals surface area contributed by atoms with Gasteiger partial charge in [-0.3, -0.25) is 10.1 Å². The van der Waals surface area contributed by atoms with E-state index >= 15 is 0 Å². The van der Waals surface area contributed by atoms with Crippen molar-refractivity contribution >= 4 is 17.7 Å². The fourth-order valence-corrected chi connectivity index (χ4v) is 1.79. The zero-order valence-corrected chi connectivity index (χ0v) is 12.9. The minimum Gasteiger partial charge on any atom is -0.444 e. The summed E-state index contributed by atoms with van der Waals surface area (Å²) in [6.45, 7) is 7.14. The molecule has 2 amide bonds. The first-order valence-corrected chi connectivity index (χ1v) is 6.78. The third-order valence-electron chi connectivity index (χ3n) is 3.04. The van der Waals surface area contributed by atoms with E-state index < -0.39 is 23.1 Å². The molecular formula is C15H23N3O3. The molecule has 1 rings (SSSR count). The number of hydrogen-bond donors (Lipinski definition) is 3. The van der Waals surface area contributed by atoms with E-state index in [2.05, 4.69) is 5.32 Å². The van der Waals surface area contributed by atoms with Gasteiger partial charge in [0.25, 0.3) is 0 Å². The minimum absolute atomic E-state index is 0.390. The summed E-state index contributed by atoms with van der Waals surface area (Å²) in [6.07, 6.45) is -0.152. The van der Waals surface area contributed by atoms with Crippen LogP contribution in [0.25, 0.3) is 0 Å². The van der Waals surface area contributed by atoms with Crippen molar-refractivity contribution in [2.45, 2.75) is 45.3 Å². The van der Waals surface area contributed by atoms with E-state index in [0.29, 0.717) is 17.7 Å². The Morgan fingerprint density at radius 3 is 2.10 bits per heavy atom. The van der Waals surface area contributed by atoms with Gasteiger partial charge in [0, 0.05) is 5.69 Å². The van der Waals surface area contributed by atoms with Crippen molar-refractivity contribution in [1.29, 1.82) is 0 Å². The molecule has 0 spiro atoms. The monoisotopic (exact) mass is 293 g/mol. The summed E-state index contributed by atoms with van der Waals surface area (Å²) in [7, 11) is 0. The Balaban J connectivity index is 2.84. The van der Waals surface area contributed by atoms with Gasteiger partial charge in [-0.25, -0.2) is 4.79 Å². The largest absolute Gasteiger partial charge is 0.444 e. The van der Waals surface area contributed by atoms with Crippen LogP contribution in [0.1, 0.15) is 39.7 Å². The molecule has 1 unspecified atom stereocenters. The first-order chi connectivity index (χ1) is 9.58. The lowest BCUT2D eigenvalue weighted by molar-refractivity contribution is -0.123. The van der Waals surface area contributed by atoms with Gasteiger partial charge in [-0.2, -0.15) is 0 Å². The van der Waals surface area contributed by atoms with Crippen LogP contribution in [0.5, 0.6) is 0 Å². The lowest BCUT2D eigenvalue weighted by atomic mass is 9.87. The van der Waals surface area contributed by atoms with Crippen LogP contribution >= 0.6 is 0 Å². The number of carbonyl (C=O) groups excluding carboxylic acids is 2. The van der Waals surface area contributed by atoms with Gasteiger partial charge in [0.2, 0.25) is 5.91 Å². The second-order valence-electron chi connectivity index (χ2n) is 5.89. The second-order valence-corrected chi connectivity index (χ2v) is 5.89. The Morgan fingerprint density at radius 2 is 1.71 bits per heavy atom. The second kappa shape index (κ2) is 6.13. The number of amides is 2. The van der Waals surface area contributed by atoms with Crippen LogP contribution < -0.4 is 16.8 Å². The summed E-state index contributed by atoms with van der Waals surface area (Å²) in [5.41, 5.74) is 10.7. The van der Waals surface area contributed by atoms with Crippen LogP contribution in [-0.2, 0) is 15.1 Å². The Morgan fingerprint density at radius 1 is 1.19 bits per heavy atom. The molecule has 0 saturated heterocycles. The van der Waals surface area contributed by atoms with Crippen molar-refractivity contribution in [3.63, 3.8) is 0 Å². The first-order valence-electron chi connectivity index (χ1n) is 6.78. The van der Waals surface area contributed by atoms with E-state index in [9.17, 15) is 9.59 Å². The molecule has 1 aromatic rings. The predicted molar refractivity (Wildman–Crippen MR) is 81.6 cm³/mol. The van der Waals surface area contributed by atoms with Gasteiger partial charge in [0.05, 0.1) is 0 Å². The molecule has 6 nitrogen and oxygen atoms in total. The quantitative estimate of drug-likeness (QED) is 0.789. The minimum atomic E-state index is -1.20. The maximum absolute atomic E-state index is 11.6. The molecule has 0 aliphatic heterocycles. The number of primary amides is 1. The van der Waals surface area contributed by atoms with Crippen molar-refractivity contribution in [3.8, 4) is 0 Å². The van der Waals surface area contributed by atoms with Crippen molar-refractivity contribution in [2.75, 3.05) is 5.32 Å². The van der Waals surface area contributed by atoms with E-state index in [1.807, 2.05) is 0 Å². The number of benzene rings is 1. The average Bonchev–Trinajstić information content (AvgIpc) is 2.36. The Hall–Kier alpha value is -2.08. The maximum atomic E-state index is 11.6. The number of rotatable bonds is 4. The van der Waals surface area contributed by atoms with Gasteiger partial charge >= 0.3 is 6.09 Å². The fraction of sp³-hybridized carbons (Fsp3) is 0.467. The summed E-state index contributed by atoms with van der Waals surface area (Å²) in [6, 6.07) is 6.64. The summed E-state index contributed by atoms with van der Waals surface area (Å²) < 4.78 is 5.15. The highest BCUT2D eigenvalue weighted by Crippen LogP contribution is 2.23. The lowest BCUT2D eigenvalue weighted by Gasteiger charge is -2.25. The summed E-state index contributed by atoms with van der Waals surface area (Å²) >= 11 is 0. The number of nitrogens with one attached hydrogen (secondary N) is 1. The highest BCUT2D eigenvalue weighted by molar-refractivity contribution is 5.87. The van der Waals surface area contributed by atoms with Crippen molar-refractivity contribution < 1.29 is 14.3 Å². The third kappa shape index (κ3) is 4.46. The summed E-state index contributed by atoms with van der Waals surface area (Å²) in [4.78, 5) is 23.1. The topological polar surface area (TPSA) is 107 Å². The molecule has 0 aliphatic carbocycles. The van der Waals surface area contributed by atoms with E-state index in [-0.39, 0.29) is 0 Å². The van der Waals surface area contributed by atoms with Gasteiger partial charge < -0.3 is 16.2 Å². The number of anilines is 1. The average molecular weight is 293 g/mol. The zero-order chi connectivity index (χ0) is 16.3. The molecule has 0 aromatic heterocycles. The molecule has 0 aliphatic rings. The standard InChI is InChI=1S/C15H23N3O3/c1-5-15(17,12(16)19)10-6-8-11(9-7-10)18-13(20)21-14(2,3)4/h6-9H,5,17H2,1-4H3,(H2,16,19)(H,18,20). The first kappa shape index (κ1) is 17.0. The number of hydrogen-bond acceptors (Lipinski definition) is 4. The molecule has 0 fully saturated rings. The highest BCUT2D eigenvalue weighted by atomic mass is 16.6. The van der Waals surface area contributed by atoms with Crippen LogP contribution in [0.4, 0.5) is 10.5 Å². The van der Waals surface area contributed by atoms with Gasteiger partial charge in [-0.15, -0.1) is 0 Å². The van der Waals surface area contributed by atoms with Crippen LogP contribution in [0.15, 0.2) is 24.3 Å².